The van der Waals surface area contributed by atoms with Gasteiger partial charge in [0.2, 0.25) is 0 Å². The molecule has 4 N–H and O–H groups in total. The van der Waals surface area contributed by atoms with Crippen molar-refractivity contribution >= 4 is 11.9 Å². The topological polar surface area (TPSA) is 90.5 Å². The van der Waals surface area contributed by atoms with Gasteiger partial charge in [-0.05, 0) is 12.5 Å². The summed E-state index contributed by atoms with van der Waals surface area (Å²) in [6.07, 6.45) is 0. The SMILES string of the molecule is C[C@H](NC(=O)NCc1ccccc1)C(=O)NO. The van der Waals surface area contributed by atoms with E-state index in [2.05, 4.69) is 10.6 Å². The van der Waals surface area contributed by atoms with Crippen LogP contribution in [0, 0.1) is 0 Å². The number of hydrogen-bond donors (Lipinski definition) is 4. The van der Waals surface area contributed by atoms with Gasteiger partial charge >= 0.3 is 6.03 Å². The summed E-state index contributed by atoms with van der Waals surface area (Å²) in [5.41, 5.74) is 2.42. The highest BCUT2D eigenvalue weighted by Crippen LogP contribution is 1.96. The molecule has 1 aromatic rings. The molecular formula is C11H15N3O3. The van der Waals surface area contributed by atoms with Gasteiger partial charge in [0.15, 0.2) is 0 Å². The lowest BCUT2D eigenvalue weighted by Crippen LogP contribution is -2.47. The number of urea groups is 1. The van der Waals surface area contributed by atoms with Gasteiger partial charge in [-0.3, -0.25) is 10.0 Å². The molecule has 3 amide bonds. The fourth-order valence-corrected chi connectivity index (χ4v) is 1.19. The number of hydroxylamine groups is 1. The van der Waals surface area contributed by atoms with E-state index in [0.29, 0.717) is 6.54 Å². The van der Waals surface area contributed by atoms with E-state index in [1.807, 2.05) is 30.3 Å². The van der Waals surface area contributed by atoms with Gasteiger partial charge in [-0.1, -0.05) is 30.3 Å². The van der Waals surface area contributed by atoms with Crippen LogP contribution in [-0.2, 0) is 11.3 Å². The summed E-state index contributed by atoms with van der Waals surface area (Å²) in [4.78, 5) is 22.3. The molecule has 0 radical (unpaired) electrons. The van der Waals surface area contributed by atoms with Crippen LogP contribution < -0.4 is 16.1 Å². The van der Waals surface area contributed by atoms with Crippen LogP contribution in [0.4, 0.5) is 4.79 Å². The van der Waals surface area contributed by atoms with Gasteiger partial charge in [0.25, 0.3) is 5.91 Å². The summed E-state index contributed by atoms with van der Waals surface area (Å²) in [7, 11) is 0. The molecule has 0 spiro atoms. The predicted molar refractivity (Wildman–Crippen MR) is 61.2 cm³/mol. The molecule has 92 valence electrons. The van der Waals surface area contributed by atoms with Crippen molar-refractivity contribution < 1.29 is 14.8 Å². The molecule has 0 saturated heterocycles. The smallest absolute Gasteiger partial charge is 0.315 e. The lowest BCUT2D eigenvalue weighted by molar-refractivity contribution is -0.130. The fraction of sp³-hybridized carbons (Fsp3) is 0.273. The molecule has 0 saturated carbocycles. The van der Waals surface area contributed by atoms with Crippen molar-refractivity contribution in [2.45, 2.75) is 19.5 Å². The number of amides is 3. The lowest BCUT2D eigenvalue weighted by Gasteiger charge is -2.12. The molecule has 1 atom stereocenters. The minimum Gasteiger partial charge on any atom is -0.334 e. The van der Waals surface area contributed by atoms with E-state index in [0.717, 1.165) is 5.56 Å². The highest BCUT2D eigenvalue weighted by Gasteiger charge is 2.13. The average Bonchev–Trinajstić information content (AvgIpc) is 2.36. The molecule has 17 heavy (non-hydrogen) atoms. The van der Waals surface area contributed by atoms with Crippen molar-refractivity contribution in [3.8, 4) is 0 Å². The molecule has 0 bridgehead atoms. The average molecular weight is 237 g/mol. The Morgan fingerprint density at radius 1 is 1.29 bits per heavy atom. The van der Waals surface area contributed by atoms with Gasteiger partial charge in [-0.25, -0.2) is 10.3 Å². The number of benzene rings is 1. The number of carbonyl (C=O) groups excluding carboxylic acids is 2. The quantitative estimate of drug-likeness (QED) is 0.450. The van der Waals surface area contributed by atoms with Crippen LogP contribution in [0.15, 0.2) is 30.3 Å². The number of nitrogens with one attached hydrogen (secondary N) is 3. The summed E-state index contributed by atoms with van der Waals surface area (Å²) in [5.74, 6) is -0.667. The third-order valence-corrected chi connectivity index (χ3v) is 2.15. The zero-order chi connectivity index (χ0) is 12.7. The first-order valence-corrected chi connectivity index (χ1v) is 5.15. The Bertz CT molecular complexity index is 381. The van der Waals surface area contributed by atoms with E-state index in [1.54, 1.807) is 0 Å². The Morgan fingerprint density at radius 2 is 1.94 bits per heavy atom. The monoisotopic (exact) mass is 237 g/mol. The molecule has 1 rings (SSSR count). The maximum absolute atomic E-state index is 11.4. The van der Waals surface area contributed by atoms with Gasteiger partial charge in [0, 0.05) is 6.54 Å². The van der Waals surface area contributed by atoms with Gasteiger partial charge in [-0.15, -0.1) is 0 Å². The van der Waals surface area contributed by atoms with Crippen molar-refractivity contribution in [3.63, 3.8) is 0 Å². The van der Waals surface area contributed by atoms with Crippen molar-refractivity contribution in [2.24, 2.45) is 0 Å². The second-order valence-electron chi connectivity index (χ2n) is 3.51. The minimum atomic E-state index is -0.796. The third kappa shape index (κ3) is 4.52. The third-order valence-electron chi connectivity index (χ3n) is 2.15. The molecule has 6 heteroatoms. The second-order valence-corrected chi connectivity index (χ2v) is 3.51. The minimum absolute atomic E-state index is 0.375. The molecule has 0 unspecified atom stereocenters. The largest absolute Gasteiger partial charge is 0.334 e. The van der Waals surface area contributed by atoms with Gasteiger partial charge < -0.3 is 10.6 Å². The van der Waals surface area contributed by atoms with E-state index < -0.39 is 18.0 Å². The van der Waals surface area contributed by atoms with E-state index >= 15 is 0 Å². The Kier molecular flexibility index (Phi) is 4.96. The Labute approximate surface area is 99.0 Å². The van der Waals surface area contributed by atoms with Crippen LogP contribution in [0.5, 0.6) is 0 Å². The van der Waals surface area contributed by atoms with Crippen molar-refractivity contribution in [2.75, 3.05) is 0 Å². The van der Waals surface area contributed by atoms with Gasteiger partial charge in [0.05, 0.1) is 0 Å². The van der Waals surface area contributed by atoms with Crippen LogP contribution in [0.25, 0.3) is 0 Å². The summed E-state index contributed by atoms with van der Waals surface area (Å²) in [6.45, 7) is 1.84. The molecule has 0 aliphatic rings. The molecule has 0 fully saturated rings. The van der Waals surface area contributed by atoms with Gasteiger partial charge in [-0.2, -0.15) is 0 Å². The summed E-state index contributed by atoms with van der Waals surface area (Å²) >= 11 is 0. The van der Waals surface area contributed by atoms with E-state index in [-0.39, 0.29) is 0 Å². The lowest BCUT2D eigenvalue weighted by atomic mass is 10.2. The highest BCUT2D eigenvalue weighted by molar-refractivity contribution is 5.85. The van der Waals surface area contributed by atoms with Crippen LogP contribution in [-0.4, -0.2) is 23.2 Å². The zero-order valence-electron chi connectivity index (χ0n) is 9.43. The summed E-state index contributed by atoms with van der Waals surface area (Å²) in [6, 6.07) is 8.12. The molecule has 1 aromatic carbocycles. The highest BCUT2D eigenvalue weighted by atomic mass is 16.5. The number of hydrogen-bond acceptors (Lipinski definition) is 3. The zero-order valence-corrected chi connectivity index (χ0v) is 9.43. The van der Waals surface area contributed by atoms with Crippen molar-refractivity contribution in [1.82, 2.24) is 16.1 Å². The van der Waals surface area contributed by atoms with Gasteiger partial charge in [0.1, 0.15) is 6.04 Å². The maximum Gasteiger partial charge on any atom is 0.315 e. The maximum atomic E-state index is 11.4. The van der Waals surface area contributed by atoms with E-state index in [4.69, 9.17) is 5.21 Å². The number of rotatable bonds is 4. The molecule has 0 heterocycles. The van der Waals surface area contributed by atoms with Crippen LogP contribution in [0.1, 0.15) is 12.5 Å². The summed E-state index contributed by atoms with van der Waals surface area (Å²) < 4.78 is 0. The van der Waals surface area contributed by atoms with Crippen LogP contribution >= 0.6 is 0 Å². The fourth-order valence-electron chi connectivity index (χ4n) is 1.19. The van der Waals surface area contributed by atoms with Crippen LogP contribution in [0.2, 0.25) is 0 Å². The van der Waals surface area contributed by atoms with Crippen LogP contribution in [0.3, 0.4) is 0 Å². The first-order chi connectivity index (χ1) is 8.13. The normalized spacial score (nSPS) is 11.4. The number of carbonyl (C=O) groups is 2. The first kappa shape index (κ1) is 13.0. The second kappa shape index (κ2) is 6.49. The standard InChI is InChI=1S/C11H15N3O3/c1-8(10(15)14-17)13-11(16)12-7-9-5-3-2-4-6-9/h2-6,8,17H,7H2,1H3,(H,14,15)(H2,12,13,16)/t8-/m0/s1. The first-order valence-electron chi connectivity index (χ1n) is 5.15. The molecular weight excluding hydrogens is 222 g/mol. The Morgan fingerprint density at radius 3 is 2.53 bits per heavy atom. The van der Waals surface area contributed by atoms with Crippen molar-refractivity contribution in [3.05, 3.63) is 35.9 Å². The molecule has 0 aliphatic heterocycles. The molecule has 0 aromatic heterocycles. The van der Waals surface area contributed by atoms with Crippen molar-refractivity contribution in [1.29, 1.82) is 0 Å². The summed E-state index contributed by atoms with van der Waals surface area (Å²) in [5, 5.41) is 13.3. The molecule has 6 nitrogen and oxygen atoms in total. The predicted octanol–water partition coefficient (Wildman–Crippen LogP) is 0.380. The Balaban J connectivity index is 2.33. The van der Waals surface area contributed by atoms with E-state index in [1.165, 1.54) is 12.4 Å². The Hall–Kier alpha value is -2.08. The van der Waals surface area contributed by atoms with E-state index in [9.17, 15) is 9.59 Å². The molecule has 0 aliphatic carbocycles.